The molecule has 0 radical (unpaired) electrons. The van der Waals surface area contributed by atoms with Crippen LogP contribution < -0.4 is 10.6 Å². The topological polar surface area (TPSA) is 69.5 Å². The Morgan fingerprint density at radius 2 is 2.12 bits per heavy atom. The van der Waals surface area contributed by atoms with Gasteiger partial charge in [-0.15, -0.1) is 11.3 Å². The Bertz CT molecular complexity index is 754. The van der Waals surface area contributed by atoms with Crippen LogP contribution in [0.25, 0.3) is 0 Å². The number of aryl methyl sites for hydroxylation is 2. The van der Waals surface area contributed by atoms with Gasteiger partial charge >= 0.3 is 0 Å². The first-order chi connectivity index (χ1) is 12.2. The first kappa shape index (κ1) is 17.7. The number of aromatic hydroxyl groups is 1. The van der Waals surface area contributed by atoms with E-state index in [4.69, 9.17) is 0 Å². The van der Waals surface area contributed by atoms with Crippen LogP contribution in [0.4, 0.5) is 0 Å². The van der Waals surface area contributed by atoms with Gasteiger partial charge in [-0.05, 0) is 56.7 Å². The molecule has 1 aromatic carbocycles. The van der Waals surface area contributed by atoms with Crippen molar-refractivity contribution in [3.05, 3.63) is 44.9 Å². The van der Waals surface area contributed by atoms with Gasteiger partial charge in [0.2, 0.25) is 0 Å². The second-order valence-electron chi connectivity index (χ2n) is 6.32. The maximum absolute atomic E-state index is 10.3. The number of phenols is 1. The number of phenolic OH excluding ortho intramolecular Hbond substituents is 1. The second-order valence-corrected chi connectivity index (χ2v) is 7.64. The molecular formula is C19H26N4OS. The van der Waals surface area contributed by atoms with Gasteiger partial charge in [0.15, 0.2) is 5.96 Å². The number of guanidine groups is 1. The van der Waals surface area contributed by atoms with Crippen molar-refractivity contribution >= 4 is 17.3 Å². The molecule has 0 unspecified atom stereocenters. The molecule has 1 aromatic heterocycles. The molecule has 3 N–H and O–H groups in total. The van der Waals surface area contributed by atoms with Gasteiger partial charge in [-0.25, -0.2) is 9.98 Å². The minimum Gasteiger partial charge on any atom is -0.508 e. The van der Waals surface area contributed by atoms with Gasteiger partial charge in [0, 0.05) is 23.2 Å². The molecule has 25 heavy (non-hydrogen) atoms. The third-order valence-electron chi connectivity index (χ3n) is 4.44. The van der Waals surface area contributed by atoms with Crippen LogP contribution in [0.5, 0.6) is 5.75 Å². The van der Waals surface area contributed by atoms with E-state index in [1.165, 1.54) is 28.8 Å². The molecule has 0 spiro atoms. The molecule has 3 rings (SSSR count). The van der Waals surface area contributed by atoms with E-state index in [0.717, 1.165) is 35.9 Å². The van der Waals surface area contributed by atoms with Crippen LogP contribution in [-0.2, 0) is 25.9 Å². The van der Waals surface area contributed by atoms with Gasteiger partial charge < -0.3 is 15.7 Å². The predicted molar refractivity (Wildman–Crippen MR) is 103 cm³/mol. The van der Waals surface area contributed by atoms with Gasteiger partial charge in [0.25, 0.3) is 0 Å². The Hall–Kier alpha value is -2.08. The Kier molecular flexibility index (Phi) is 5.91. The zero-order chi connectivity index (χ0) is 17.6. The lowest BCUT2D eigenvalue weighted by molar-refractivity contribution is 0.465. The monoisotopic (exact) mass is 358 g/mol. The fourth-order valence-corrected chi connectivity index (χ4v) is 3.94. The Labute approximate surface area is 153 Å². The number of fused-ring (bicyclic) bond motifs is 1. The zero-order valence-electron chi connectivity index (χ0n) is 14.9. The van der Waals surface area contributed by atoms with Gasteiger partial charge in [-0.3, -0.25) is 0 Å². The molecular weight excluding hydrogens is 332 g/mol. The predicted octanol–water partition coefficient (Wildman–Crippen LogP) is 3.29. The van der Waals surface area contributed by atoms with E-state index >= 15 is 0 Å². The Morgan fingerprint density at radius 3 is 2.88 bits per heavy atom. The van der Waals surface area contributed by atoms with Crippen molar-refractivity contribution in [2.75, 3.05) is 6.54 Å². The summed E-state index contributed by atoms with van der Waals surface area (Å²) in [5.74, 6) is 1.11. The lowest BCUT2D eigenvalue weighted by Gasteiger charge is -2.20. The molecule has 0 atom stereocenters. The molecule has 0 amide bonds. The summed E-state index contributed by atoms with van der Waals surface area (Å²) in [6.45, 7) is 6.04. The number of aliphatic imine (C=N–C) groups is 1. The van der Waals surface area contributed by atoms with Gasteiger partial charge in [-0.2, -0.15) is 0 Å². The van der Waals surface area contributed by atoms with Crippen molar-refractivity contribution in [1.29, 1.82) is 0 Å². The summed E-state index contributed by atoms with van der Waals surface area (Å²) in [5, 5.41) is 17.9. The van der Waals surface area contributed by atoms with Crippen molar-refractivity contribution < 1.29 is 5.11 Å². The van der Waals surface area contributed by atoms with E-state index in [1.54, 1.807) is 11.3 Å². The Balaban J connectivity index is 1.73. The van der Waals surface area contributed by atoms with Crippen LogP contribution in [0.1, 0.15) is 46.3 Å². The van der Waals surface area contributed by atoms with E-state index in [-0.39, 0.29) is 0 Å². The standard InChI is InChI=1S/C19H26N4OS/c1-3-20-19(23-12-18-21-10-13(2)25-18)22-11-16-15-7-5-4-6-14(15)8-9-17(16)24/h8-10,24H,3-7,11-12H2,1-2H3,(H2,20,22,23). The molecule has 1 aliphatic carbocycles. The Morgan fingerprint density at radius 1 is 1.28 bits per heavy atom. The highest BCUT2D eigenvalue weighted by Gasteiger charge is 2.16. The fraction of sp³-hybridized carbons (Fsp3) is 0.474. The molecule has 0 aliphatic heterocycles. The van der Waals surface area contributed by atoms with E-state index in [2.05, 4.69) is 33.6 Å². The second kappa shape index (κ2) is 8.34. The van der Waals surface area contributed by atoms with E-state index in [0.29, 0.717) is 18.8 Å². The van der Waals surface area contributed by atoms with Crippen LogP contribution in [0, 0.1) is 6.92 Å². The summed E-state index contributed by atoms with van der Waals surface area (Å²) in [4.78, 5) is 10.3. The number of aromatic nitrogens is 1. The normalized spacial score (nSPS) is 14.2. The highest BCUT2D eigenvalue weighted by atomic mass is 32.1. The summed E-state index contributed by atoms with van der Waals surface area (Å²) < 4.78 is 0. The molecule has 1 heterocycles. The molecule has 0 bridgehead atoms. The van der Waals surface area contributed by atoms with Crippen molar-refractivity contribution in [2.45, 2.75) is 52.6 Å². The van der Waals surface area contributed by atoms with Crippen LogP contribution >= 0.6 is 11.3 Å². The maximum atomic E-state index is 10.3. The summed E-state index contributed by atoms with van der Waals surface area (Å²) in [5.41, 5.74) is 3.63. The van der Waals surface area contributed by atoms with Crippen LogP contribution in [-0.4, -0.2) is 22.6 Å². The number of rotatable bonds is 5. The fourth-order valence-electron chi connectivity index (χ4n) is 3.21. The average Bonchev–Trinajstić information content (AvgIpc) is 3.04. The average molecular weight is 359 g/mol. The summed E-state index contributed by atoms with van der Waals surface area (Å²) in [7, 11) is 0. The van der Waals surface area contributed by atoms with Crippen molar-refractivity contribution in [2.24, 2.45) is 4.99 Å². The molecule has 5 nitrogen and oxygen atoms in total. The highest BCUT2D eigenvalue weighted by molar-refractivity contribution is 7.11. The third kappa shape index (κ3) is 4.51. The minimum absolute atomic E-state index is 0.357. The summed E-state index contributed by atoms with van der Waals surface area (Å²) in [6.07, 6.45) is 6.46. The highest BCUT2D eigenvalue weighted by Crippen LogP contribution is 2.31. The van der Waals surface area contributed by atoms with Gasteiger partial charge in [0.1, 0.15) is 10.8 Å². The summed E-state index contributed by atoms with van der Waals surface area (Å²) >= 11 is 1.69. The molecule has 0 saturated heterocycles. The van der Waals surface area contributed by atoms with Crippen molar-refractivity contribution in [3.8, 4) is 5.75 Å². The maximum Gasteiger partial charge on any atom is 0.191 e. The first-order valence-corrected chi connectivity index (χ1v) is 9.75. The third-order valence-corrected chi connectivity index (χ3v) is 5.35. The number of nitrogens with one attached hydrogen (secondary N) is 2. The van der Waals surface area contributed by atoms with Crippen LogP contribution in [0.2, 0.25) is 0 Å². The number of benzene rings is 1. The van der Waals surface area contributed by atoms with Crippen molar-refractivity contribution in [1.82, 2.24) is 15.6 Å². The molecule has 2 aromatic rings. The van der Waals surface area contributed by atoms with Gasteiger partial charge in [0.05, 0.1) is 13.1 Å². The minimum atomic E-state index is 0.357. The quantitative estimate of drug-likeness (QED) is 0.567. The smallest absolute Gasteiger partial charge is 0.191 e. The molecule has 6 heteroatoms. The van der Waals surface area contributed by atoms with Crippen molar-refractivity contribution in [3.63, 3.8) is 0 Å². The van der Waals surface area contributed by atoms with E-state index in [9.17, 15) is 5.11 Å². The molecule has 134 valence electrons. The number of hydrogen-bond donors (Lipinski definition) is 3. The number of nitrogens with zero attached hydrogens (tertiary/aromatic N) is 2. The number of thiazole rings is 1. The van der Waals surface area contributed by atoms with E-state index in [1.807, 2.05) is 19.2 Å². The molecule has 0 fully saturated rings. The zero-order valence-corrected chi connectivity index (χ0v) is 15.7. The number of hydrogen-bond acceptors (Lipinski definition) is 4. The van der Waals surface area contributed by atoms with Crippen LogP contribution in [0.15, 0.2) is 23.3 Å². The summed E-state index contributed by atoms with van der Waals surface area (Å²) in [6, 6.07) is 3.87. The molecule has 1 aliphatic rings. The van der Waals surface area contributed by atoms with Gasteiger partial charge in [-0.1, -0.05) is 6.07 Å². The largest absolute Gasteiger partial charge is 0.508 e. The lowest BCUT2D eigenvalue weighted by atomic mass is 9.88. The SMILES string of the molecule is CCNC(=NCc1c(O)ccc2c1CCCC2)NCc1ncc(C)s1. The molecule has 0 saturated carbocycles. The first-order valence-electron chi connectivity index (χ1n) is 8.93. The van der Waals surface area contributed by atoms with E-state index < -0.39 is 0 Å². The lowest BCUT2D eigenvalue weighted by Crippen LogP contribution is -2.36. The van der Waals surface area contributed by atoms with Crippen LogP contribution in [0.3, 0.4) is 0 Å².